The van der Waals surface area contributed by atoms with Crippen LogP contribution in [0.25, 0.3) is 5.78 Å². The Morgan fingerprint density at radius 2 is 1.92 bits per heavy atom. The number of carbonyl (C=O) groups excluding carboxylic acids is 1. The van der Waals surface area contributed by atoms with Gasteiger partial charge in [0.15, 0.2) is 5.78 Å². The largest absolute Gasteiger partial charge is 0.293 e. The average molecular weight is 354 g/mol. The Morgan fingerprint density at radius 1 is 1.20 bits per heavy atom. The first-order valence-electron chi connectivity index (χ1n) is 8.45. The van der Waals surface area contributed by atoms with Crippen LogP contribution in [0.3, 0.4) is 0 Å². The maximum absolute atomic E-state index is 12.4. The first-order chi connectivity index (χ1) is 12.0. The molecule has 0 amide bonds. The fourth-order valence-corrected chi connectivity index (χ4v) is 3.37. The van der Waals surface area contributed by atoms with Gasteiger partial charge in [-0.15, -0.1) is 5.10 Å². The van der Waals surface area contributed by atoms with E-state index in [0.717, 1.165) is 23.4 Å². The number of hydrogen-bond donors (Lipinski definition) is 0. The van der Waals surface area contributed by atoms with Crippen LogP contribution in [0.15, 0.2) is 35.5 Å². The second kappa shape index (κ2) is 7.35. The summed E-state index contributed by atoms with van der Waals surface area (Å²) >= 11 is 1.35. The molecule has 6 heteroatoms. The summed E-state index contributed by atoms with van der Waals surface area (Å²) < 4.78 is 1.71. The minimum atomic E-state index is 0.0837. The predicted octanol–water partition coefficient (Wildman–Crippen LogP) is 4.23. The van der Waals surface area contributed by atoms with Crippen LogP contribution in [-0.4, -0.2) is 31.1 Å². The molecule has 3 rings (SSSR count). The Kier molecular flexibility index (Phi) is 5.18. The van der Waals surface area contributed by atoms with E-state index in [1.54, 1.807) is 4.52 Å². The highest BCUT2D eigenvalue weighted by atomic mass is 32.2. The van der Waals surface area contributed by atoms with Gasteiger partial charge in [-0.2, -0.15) is 4.98 Å². The summed E-state index contributed by atoms with van der Waals surface area (Å²) in [6, 6.07) is 9.88. The van der Waals surface area contributed by atoms with Crippen molar-refractivity contribution in [1.29, 1.82) is 0 Å². The van der Waals surface area contributed by atoms with Crippen molar-refractivity contribution in [3.05, 3.63) is 52.8 Å². The zero-order valence-electron chi connectivity index (χ0n) is 15.0. The first kappa shape index (κ1) is 17.6. The van der Waals surface area contributed by atoms with Crippen LogP contribution in [0.2, 0.25) is 0 Å². The van der Waals surface area contributed by atoms with Crippen molar-refractivity contribution >= 4 is 23.3 Å². The summed E-state index contributed by atoms with van der Waals surface area (Å²) in [6.07, 6.45) is 1.09. The molecule has 3 aromatic rings. The van der Waals surface area contributed by atoms with Crippen molar-refractivity contribution in [1.82, 2.24) is 19.6 Å². The first-order valence-corrected chi connectivity index (χ1v) is 9.43. The lowest BCUT2D eigenvalue weighted by Gasteiger charge is -2.09. The molecular formula is C19H22N4OS. The van der Waals surface area contributed by atoms with Gasteiger partial charge >= 0.3 is 0 Å². The van der Waals surface area contributed by atoms with Gasteiger partial charge in [0.05, 0.1) is 5.75 Å². The number of aryl methyl sites for hydroxylation is 2. The third-order valence-corrected chi connectivity index (χ3v) is 5.18. The normalized spacial score (nSPS) is 12.5. The van der Waals surface area contributed by atoms with Crippen LogP contribution in [0.4, 0.5) is 0 Å². The summed E-state index contributed by atoms with van der Waals surface area (Å²) in [5, 5.41) is 5.00. The molecule has 0 saturated heterocycles. The summed E-state index contributed by atoms with van der Waals surface area (Å²) in [5.74, 6) is 1.49. The molecule has 1 atom stereocenters. The Morgan fingerprint density at radius 3 is 2.60 bits per heavy atom. The number of ketones is 1. The van der Waals surface area contributed by atoms with E-state index in [9.17, 15) is 4.79 Å². The van der Waals surface area contributed by atoms with E-state index in [2.05, 4.69) is 28.9 Å². The van der Waals surface area contributed by atoms with E-state index < -0.39 is 0 Å². The Hall–Kier alpha value is -2.21. The molecule has 0 radical (unpaired) electrons. The molecule has 0 saturated carbocycles. The highest BCUT2D eigenvalue weighted by molar-refractivity contribution is 7.99. The molecule has 0 unspecified atom stereocenters. The Labute approximate surface area is 151 Å². The minimum Gasteiger partial charge on any atom is -0.293 e. The lowest BCUT2D eigenvalue weighted by atomic mass is 9.97. The molecule has 2 heterocycles. The molecule has 0 aliphatic carbocycles. The second-order valence-corrected chi connectivity index (χ2v) is 7.23. The molecule has 130 valence electrons. The number of thioether (sulfide) groups is 1. The van der Waals surface area contributed by atoms with E-state index in [1.807, 2.05) is 44.2 Å². The molecule has 2 aromatic heterocycles. The van der Waals surface area contributed by atoms with Crippen molar-refractivity contribution < 1.29 is 4.79 Å². The van der Waals surface area contributed by atoms with Gasteiger partial charge in [-0.3, -0.25) is 4.79 Å². The van der Waals surface area contributed by atoms with Gasteiger partial charge in [0, 0.05) is 17.0 Å². The van der Waals surface area contributed by atoms with E-state index in [4.69, 9.17) is 0 Å². The number of fused-ring (bicyclic) bond motifs is 1. The van der Waals surface area contributed by atoms with Crippen LogP contribution in [0.1, 0.15) is 53.5 Å². The summed E-state index contributed by atoms with van der Waals surface area (Å²) in [7, 11) is 0. The monoisotopic (exact) mass is 354 g/mol. The zero-order valence-corrected chi connectivity index (χ0v) is 15.8. The number of carbonyl (C=O) groups is 1. The van der Waals surface area contributed by atoms with Crippen molar-refractivity contribution in [3.8, 4) is 0 Å². The highest BCUT2D eigenvalue weighted by Gasteiger charge is 2.12. The molecule has 0 aliphatic heterocycles. The second-order valence-electron chi connectivity index (χ2n) is 6.29. The van der Waals surface area contributed by atoms with Gasteiger partial charge in [-0.25, -0.2) is 9.50 Å². The van der Waals surface area contributed by atoms with E-state index >= 15 is 0 Å². The summed E-state index contributed by atoms with van der Waals surface area (Å²) in [4.78, 5) is 21.2. The smallest absolute Gasteiger partial charge is 0.253 e. The average Bonchev–Trinajstić information content (AvgIpc) is 3.02. The number of nitrogens with zero attached hydrogens (tertiary/aromatic N) is 4. The highest BCUT2D eigenvalue weighted by Crippen LogP contribution is 2.21. The quantitative estimate of drug-likeness (QED) is 0.490. The van der Waals surface area contributed by atoms with Gasteiger partial charge in [0.1, 0.15) is 0 Å². The topological polar surface area (TPSA) is 60.2 Å². The molecule has 1 aromatic carbocycles. The fraction of sp³-hybridized carbons (Fsp3) is 0.368. The standard InChI is InChI=1S/C19H22N4OS/c1-5-12(2)15-6-8-16(9-7-15)17(24)11-25-19-21-18-20-13(3)10-14(4)23(18)22-19/h6-10,12H,5,11H2,1-4H3/t12-/m1/s1. The van der Waals surface area contributed by atoms with Crippen molar-refractivity contribution in [3.63, 3.8) is 0 Å². The van der Waals surface area contributed by atoms with Gasteiger partial charge < -0.3 is 0 Å². The van der Waals surface area contributed by atoms with E-state index in [-0.39, 0.29) is 5.78 Å². The van der Waals surface area contributed by atoms with Gasteiger partial charge in [-0.1, -0.05) is 49.9 Å². The fourth-order valence-electron chi connectivity index (χ4n) is 2.66. The molecule has 0 fully saturated rings. The Bertz CT molecular complexity index is 902. The lowest BCUT2D eigenvalue weighted by Crippen LogP contribution is -2.03. The lowest BCUT2D eigenvalue weighted by molar-refractivity contribution is 0.102. The van der Waals surface area contributed by atoms with E-state index in [1.165, 1.54) is 17.3 Å². The van der Waals surface area contributed by atoms with Crippen molar-refractivity contribution in [2.75, 3.05) is 5.75 Å². The van der Waals surface area contributed by atoms with E-state index in [0.29, 0.717) is 22.6 Å². The van der Waals surface area contributed by atoms with Gasteiger partial charge in [0.25, 0.3) is 5.78 Å². The van der Waals surface area contributed by atoms with Gasteiger partial charge in [-0.05, 0) is 37.8 Å². The Balaban J connectivity index is 1.69. The number of Topliss-reactive ketones (excluding diaryl/α,β-unsaturated/α-hetero) is 1. The number of benzene rings is 1. The molecule has 25 heavy (non-hydrogen) atoms. The number of aromatic nitrogens is 4. The number of hydrogen-bond acceptors (Lipinski definition) is 5. The van der Waals surface area contributed by atoms with Crippen molar-refractivity contribution in [2.24, 2.45) is 0 Å². The zero-order chi connectivity index (χ0) is 18.0. The SMILES string of the molecule is CC[C@@H](C)c1ccc(C(=O)CSc2nc3nc(C)cc(C)n3n2)cc1. The third kappa shape index (κ3) is 3.90. The van der Waals surface area contributed by atoms with Crippen LogP contribution in [0.5, 0.6) is 0 Å². The summed E-state index contributed by atoms with van der Waals surface area (Å²) in [5.41, 5.74) is 3.89. The molecule has 0 spiro atoms. The van der Waals surface area contributed by atoms with Crippen LogP contribution in [0, 0.1) is 13.8 Å². The molecular weight excluding hydrogens is 332 g/mol. The molecule has 0 aliphatic rings. The van der Waals surface area contributed by atoms with Crippen LogP contribution in [-0.2, 0) is 0 Å². The maximum Gasteiger partial charge on any atom is 0.253 e. The predicted molar refractivity (Wildman–Crippen MR) is 100 cm³/mol. The van der Waals surface area contributed by atoms with Gasteiger partial charge in [0.2, 0.25) is 5.16 Å². The summed E-state index contributed by atoms with van der Waals surface area (Å²) in [6.45, 7) is 8.26. The molecule has 0 bridgehead atoms. The van der Waals surface area contributed by atoms with Crippen molar-refractivity contribution in [2.45, 2.75) is 45.2 Å². The number of rotatable bonds is 6. The molecule has 5 nitrogen and oxygen atoms in total. The third-order valence-electron chi connectivity index (χ3n) is 4.35. The minimum absolute atomic E-state index is 0.0837. The van der Waals surface area contributed by atoms with Crippen LogP contribution < -0.4 is 0 Å². The molecule has 0 N–H and O–H groups in total. The van der Waals surface area contributed by atoms with Crippen LogP contribution >= 0.6 is 11.8 Å². The maximum atomic E-state index is 12.4.